The summed E-state index contributed by atoms with van der Waals surface area (Å²) in [4.78, 5) is 17.2. The molecule has 0 unspecified atom stereocenters. The monoisotopic (exact) mass is 495 g/mol. The van der Waals surface area contributed by atoms with Gasteiger partial charge in [-0.25, -0.2) is 13.4 Å². The summed E-state index contributed by atoms with van der Waals surface area (Å²) in [6, 6.07) is 10.7. The topological polar surface area (TPSA) is 88.6 Å². The number of ether oxygens (including phenoxy) is 1. The number of hydrogen-bond acceptors (Lipinski definition) is 6. The Bertz CT molecular complexity index is 1240. The molecule has 176 valence electrons. The van der Waals surface area contributed by atoms with Gasteiger partial charge in [0.25, 0.3) is 5.91 Å². The number of nitrogens with one attached hydrogen (secondary N) is 1. The van der Waals surface area contributed by atoms with Crippen molar-refractivity contribution >= 4 is 32.4 Å². The number of anilines is 1. The lowest BCUT2D eigenvalue weighted by Crippen LogP contribution is -2.31. The first-order valence-corrected chi connectivity index (χ1v) is 12.4. The van der Waals surface area contributed by atoms with Gasteiger partial charge in [0, 0.05) is 29.6 Å². The molecule has 1 amide bonds. The fourth-order valence-electron chi connectivity index (χ4n) is 3.22. The van der Waals surface area contributed by atoms with Crippen LogP contribution in [0.2, 0.25) is 0 Å². The van der Waals surface area contributed by atoms with Gasteiger partial charge in [-0.15, -0.1) is 11.3 Å². The standard InChI is InChI=1S/C22H23F2N3O4S2/c1-4-27(5-2)33(29,30)19-12-15(11-10-14(19)3)20(28)26-22-25-17(13-32-22)16-8-6-7-9-18(16)31-21(23)24/h6-13,21H,4-5H2,1-3H3,(H,25,26,28). The van der Waals surface area contributed by atoms with Gasteiger partial charge < -0.3 is 4.74 Å². The first-order chi connectivity index (χ1) is 15.7. The maximum atomic E-state index is 12.9. The zero-order valence-electron chi connectivity index (χ0n) is 18.2. The number of para-hydroxylation sites is 1. The van der Waals surface area contributed by atoms with Crippen LogP contribution in [0, 0.1) is 6.92 Å². The minimum atomic E-state index is -3.74. The molecular formula is C22H23F2N3O4S2. The number of thiazole rings is 1. The second-order valence-corrected chi connectivity index (χ2v) is 9.70. The second kappa shape index (κ2) is 10.4. The predicted molar refractivity (Wildman–Crippen MR) is 123 cm³/mol. The van der Waals surface area contributed by atoms with Crippen LogP contribution in [0.1, 0.15) is 29.8 Å². The molecule has 1 N–H and O–H groups in total. The van der Waals surface area contributed by atoms with Crippen LogP contribution in [0.15, 0.2) is 52.7 Å². The van der Waals surface area contributed by atoms with Crippen LogP contribution >= 0.6 is 11.3 Å². The van der Waals surface area contributed by atoms with E-state index in [2.05, 4.69) is 15.0 Å². The maximum absolute atomic E-state index is 12.9. The van der Waals surface area contributed by atoms with Gasteiger partial charge in [-0.1, -0.05) is 32.0 Å². The van der Waals surface area contributed by atoms with E-state index >= 15 is 0 Å². The number of rotatable bonds is 9. The van der Waals surface area contributed by atoms with Crippen molar-refractivity contribution in [2.24, 2.45) is 0 Å². The molecule has 11 heteroatoms. The van der Waals surface area contributed by atoms with Crippen LogP contribution in [0.4, 0.5) is 13.9 Å². The molecule has 1 heterocycles. The quantitative estimate of drug-likeness (QED) is 0.451. The Morgan fingerprint density at radius 1 is 1.18 bits per heavy atom. The SMILES string of the molecule is CCN(CC)S(=O)(=O)c1cc(C(=O)Nc2nc(-c3ccccc3OC(F)F)cs2)ccc1C. The molecule has 0 bridgehead atoms. The van der Waals surface area contributed by atoms with E-state index in [1.165, 1.54) is 22.5 Å². The van der Waals surface area contributed by atoms with Gasteiger partial charge in [-0.05, 0) is 36.8 Å². The highest BCUT2D eigenvalue weighted by atomic mass is 32.2. The lowest BCUT2D eigenvalue weighted by Gasteiger charge is -2.20. The number of amides is 1. The van der Waals surface area contributed by atoms with Crippen molar-refractivity contribution in [1.82, 2.24) is 9.29 Å². The molecule has 0 aliphatic rings. The summed E-state index contributed by atoms with van der Waals surface area (Å²) in [6.07, 6.45) is 0. The average molecular weight is 496 g/mol. The maximum Gasteiger partial charge on any atom is 0.387 e. The minimum absolute atomic E-state index is 0.0273. The van der Waals surface area contributed by atoms with E-state index in [1.54, 1.807) is 50.4 Å². The molecule has 0 aliphatic heterocycles. The van der Waals surface area contributed by atoms with Crippen molar-refractivity contribution in [3.63, 3.8) is 0 Å². The van der Waals surface area contributed by atoms with E-state index in [0.29, 0.717) is 29.9 Å². The van der Waals surface area contributed by atoms with E-state index in [9.17, 15) is 22.0 Å². The summed E-state index contributed by atoms with van der Waals surface area (Å²) in [5, 5.41) is 4.47. The summed E-state index contributed by atoms with van der Waals surface area (Å²) in [7, 11) is -3.74. The van der Waals surface area contributed by atoms with Crippen molar-refractivity contribution in [3.8, 4) is 17.0 Å². The van der Waals surface area contributed by atoms with Crippen molar-refractivity contribution in [2.45, 2.75) is 32.3 Å². The Labute approximate surface area is 195 Å². The number of hydrogen-bond donors (Lipinski definition) is 1. The second-order valence-electron chi connectivity index (χ2n) is 6.94. The third-order valence-corrected chi connectivity index (χ3v) is 7.83. The summed E-state index contributed by atoms with van der Waals surface area (Å²) in [5.74, 6) is -0.565. The van der Waals surface area contributed by atoms with Crippen LogP contribution in [-0.4, -0.2) is 43.3 Å². The highest BCUT2D eigenvalue weighted by molar-refractivity contribution is 7.89. The van der Waals surface area contributed by atoms with Crippen LogP contribution in [-0.2, 0) is 10.0 Å². The fraction of sp³-hybridized carbons (Fsp3) is 0.273. The van der Waals surface area contributed by atoms with E-state index in [0.717, 1.165) is 11.3 Å². The van der Waals surface area contributed by atoms with Gasteiger partial charge in [0.15, 0.2) is 5.13 Å². The molecule has 2 aromatic carbocycles. The average Bonchev–Trinajstić information content (AvgIpc) is 3.22. The molecule has 0 spiro atoms. The van der Waals surface area contributed by atoms with Crippen molar-refractivity contribution in [2.75, 3.05) is 18.4 Å². The molecule has 7 nitrogen and oxygen atoms in total. The number of nitrogens with zero attached hydrogens (tertiary/aromatic N) is 2. The number of sulfonamides is 1. The van der Waals surface area contributed by atoms with Crippen LogP contribution < -0.4 is 10.1 Å². The fourth-order valence-corrected chi connectivity index (χ4v) is 5.64. The van der Waals surface area contributed by atoms with Gasteiger partial charge in [0.2, 0.25) is 10.0 Å². The van der Waals surface area contributed by atoms with Crippen LogP contribution in [0.3, 0.4) is 0 Å². The molecule has 0 saturated carbocycles. The first kappa shape index (κ1) is 24.7. The Balaban J connectivity index is 1.85. The Hall–Kier alpha value is -2.89. The number of benzene rings is 2. The van der Waals surface area contributed by atoms with Gasteiger partial charge in [0.1, 0.15) is 5.75 Å². The Morgan fingerprint density at radius 2 is 1.88 bits per heavy atom. The first-order valence-electron chi connectivity index (χ1n) is 10.1. The van der Waals surface area contributed by atoms with E-state index in [1.807, 2.05) is 0 Å². The molecule has 0 fully saturated rings. The highest BCUT2D eigenvalue weighted by Crippen LogP contribution is 2.33. The van der Waals surface area contributed by atoms with Crippen molar-refractivity contribution in [3.05, 3.63) is 59.0 Å². The van der Waals surface area contributed by atoms with Crippen LogP contribution in [0.25, 0.3) is 11.3 Å². The zero-order chi connectivity index (χ0) is 24.2. The molecule has 3 rings (SSSR count). The van der Waals surface area contributed by atoms with Gasteiger partial charge >= 0.3 is 6.61 Å². The third-order valence-electron chi connectivity index (χ3n) is 4.88. The van der Waals surface area contributed by atoms with Gasteiger partial charge in [0.05, 0.1) is 10.6 Å². The Kier molecular flexibility index (Phi) is 7.77. The van der Waals surface area contributed by atoms with Crippen LogP contribution in [0.5, 0.6) is 5.75 Å². The molecule has 0 saturated heterocycles. The molecule has 33 heavy (non-hydrogen) atoms. The zero-order valence-corrected chi connectivity index (χ0v) is 19.8. The smallest absolute Gasteiger partial charge is 0.387 e. The largest absolute Gasteiger partial charge is 0.434 e. The summed E-state index contributed by atoms with van der Waals surface area (Å²) in [5.41, 5.74) is 1.41. The number of aryl methyl sites for hydroxylation is 1. The highest BCUT2D eigenvalue weighted by Gasteiger charge is 2.25. The summed E-state index contributed by atoms with van der Waals surface area (Å²) in [6.45, 7) is 2.81. The van der Waals surface area contributed by atoms with Gasteiger partial charge in [-0.2, -0.15) is 13.1 Å². The lowest BCUT2D eigenvalue weighted by atomic mass is 10.1. The van der Waals surface area contributed by atoms with E-state index < -0.39 is 22.5 Å². The molecule has 0 aliphatic carbocycles. The third kappa shape index (κ3) is 5.55. The normalized spacial score (nSPS) is 11.7. The number of alkyl halides is 2. The molecule has 3 aromatic rings. The Morgan fingerprint density at radius 3 is 2.55 bits per heavy atom. The van der Waals surface area contributed by atoms with Crippen molar-refractivity contribution < 1.29 is 26.7 Å². The molecule has 0 atom stereocenters. The summed E-state index contributed by atoms with van der Waals surface area (Å²) < 4.78 is 57.1. The molecule has 0 radical (unpaired) electrons. The van der Waals surface area contributed by atoms with Crippen molar-refractivity contribution in [1.29, 1.82) is 0 Å². The van der Waals surface area contributed by atoms with E-state index in [-0.39, 0.29) is 21.3 Å². The minimum Gasteiger partial charge on any atom is -0.434 e. The number of aromatic nitrogens is 1. The van der Waals surface area contributed by atoms with E-state index in [4.69, 9.17) is 0 Å². The summed E-state index contributed by atoms with van der Waals surface area (Å²) >= 11 is 1.11. The lowest BCUT2D eigenvalue weighted by molar-refractivity contribution is -0.0494. The number of carbonyl (C=O) groups is 1. The predicted octanol–water partition coefficient (Wildman–Crippen LogP) is 5.00. The number of halogens is 2. The molecule has 1 aromatic heterocycles. The van der Waals surface area contributed by atoms with Gasteiger partial charge in [-0.3, -0.25) is 10.1 Å². The number of carbonyl (C=O) groups excluding carboxylic acids is 1. The molecular weight excluding hydrogens is 472 g/mol.